The zero-order chi connectivity index (χ0) is 11.6. The maximum Gasteiger partial charge on any atom is 0.223 e. The van der Waals surface area contributed by atoms with E-state index in [-0.39, 0.29) is 34.4 Å². The molecular weight excluding hydrogens is 285 g/mol. The summed E-state index contributed by atoms with van der Waals surface area (Å²) >= 11 is 5.57. The highest BCUT2D eigenvalue weighted by Gasteiger charge is 2.25. The summed E-state index contributed by atoms with van der Waals surface area (Å²) in [5.74, 6) is 0.284. The van der Waals surface area contributed by atoms with Crippen LogP contribution in [-0.2, 0) is 9.84 Å². The van der Waals surface area contributed by atoms with Gasteiger partial charge in [0.25, 0.3) is 0 Å². The highest BCUT2D eigenvalue weighted by atomic mass is 35.5. The minimum atomic E-state index is -3.34. The Kier molecular flexibility index (Phi) is 5.12. The Labute approximate surface area is 111 Å². The van der Waals surface area contributed by atoms with Crippen LogP contribution in [0.3, 0.4) is 0 Å². The number of rotatable bonds is 3. The highest BCUT2D eigenvalue weighted by Crippen LogP contribution is 2.16. The molecular formula is C9H13Cl2N3O2S. The third-order valence-corrected chi connectivity index (χ3v) is 4.49. The van der Waals surface area contributed by atoms with Gasteiger partial charge in [-0.15, -0.1) is 12.4 Å². The van der Waals surface area contributed by atoms with E-state index in [1.54, 1.807) is 0 Å². The van der Waals surface area contributed by atoms with Crippen LogP contribution < -0.4 is 5.32 Å². The van der Waals surface area contributed by atoms with Gasteiger partial charge in [-0.05, 0) is 43.1 Å². The monoisotopic (exact) mass is 297 g/mol. The van der Waals surface area contributed by atoms with Crippen LogP contribution in [0.1, 0.15) is 6.42 Å². The first-order valence-corrected chi connectivity index (χ1v) is 7.03. The van der Waals surface area contributed by atoms with Crippen LogP contribution in [0.4, 0.5) is 0 Å². The van der Waals surface area contributed by atoms with Crippen molar-refractivity contribution >= 4 is 33.8 Å². The van der Waals surface area contributed by atoms with Gasteiger partial charge in [-0.3, -0.25) is 0 Å². The van der Waals surface area contributed by atoms with Gasteiger partial charge in [0.2, 0.25) is 5.28 Å². The van der Waals surface area contributed by atoms with Gasteiger partial charge in [0.05, 0.1) is 5.75 Å². The van der Waals surface area contributed by atoms with Crippen molar-refractivity contribution in [2.75, 3.05) is 18.8 Å². The average Bonchev–Trinajstić information content (AvgIpc) is 2.70. The summed E-state index contributed by atoms with van der Waals surface area (Å²) in [4.78, 5) is 7.40. The lowest BCUT2D eigenvalue weighted by molar-refractivity contribution is 0.567. The quantitative estimate of drug-likeness (QED) is 0.664. The van der Waals surface area contributed by atoms with Gasteiger partial charge in [-0.1, -0.05) is 0 Å². The van der Waals surface area contributed by atoms with Crippen LogP contribution in [0.25, 0.3) is 0 Å². The SMILES string of the molecule is Cl.O=S(=O)(CC1CCNC1)c1ccnc(Cl)n1. The Balaban J connectivity index is 0.00000144. The molecule has 1 aliphatic rings. The zero-order valence-corrected chi connectivity index (χ0v) is 11.4. The van der Waals surface area contributed by atoms with Crippen molar-refractivity contribution in [1.82, 2.24) is 15.3 Å². The van der Waals surface area contributed by atoms with E-state index in [2.05, 4.69) is 15.3 Å². The van der Waals surface area contributed by atoms with Gasteiger partial charge in [0.15, 0.2) is 14.9 Å². The Hall–Kier alpha value is -0.430. The van der Waals surface area contributed by atoms with Crippen molar-refractivity contribution in [1.29, 1.82) is 0 Å². The lowest BCUT2D eigenvalue weighted by atomic mass is 10.2. The number of halogens is 2. The minimum absolute atomic E-state index is 0. The molecule has 1 aromatic rings. The van der Waals surface area contributed by atoms with Gasteiger partial charge >= 0.3 is 0 Å². The summed E-state index contributed by atoms with van der Waals surface area (Å²) in [6.45, 7) is 1.63. The number of hydrogen-bond acceptors (Lipinski definition) is 5. The summed E-state index contributed by atoms with van der Waals surface area (Å²) in [5, 5.41) is 3.11. The molecule has 1 unspecified atom stereocenters. The summed E-state index contributed by atoms with van der Waals surface area (Å²) in [6, 6.07) is 1.38. The molecule has 96 valence electrons. The van der Waals surface area contributed by atoms with Gasteiger partial charge in [0.1, 0.15) is 0 Å². The van der Waals surface area contributed by atoms with E-state index >= 15 is 0 Å². The van der Waals surface area contributed by atoms with Gasteiger partial charge in [-0.2, -0.15) is 0 Å². The van der Waals surface area contributed by atoms with Crippen molar-refractivity contribution in [2.45, 2.75) is 11.4 Å². The van der Waals surface area contributed by atoms with Crippen LogP contribution in [-0.4, -0.2) is 37.2 Å². The normalized spacial score (nSPS) is 19.9. The number of hydrogen-bond donors (Lipinski definition) is 1. The second-order valence-electron chi connectivity index (χ2n) is 3.80. The van der Waals surface area contributed by atoms with Crippen molar-refractivity contribution in [3.05, 3.63) is 17.5 Å². The van der Waals surface area contributed by atoms with E-state index in [4.69, 9.17) is 11.6 Å². The fourth-order valence-corrected chi connectivity index (χ4v) is 3.51. The average molecular weight is 298 g/mol. The van der Waals surface area contributed by atoms with E-state index in [1.165, 1.54) is 12.3 Å². The molecule has 1 atom stereocenters. The highest BCUT2D eigenvalue weighted by molar-refractivity contribution is 7.91. The van der Waals surface area contributed by atoms with E-state index in [0.717, 1.165) is 19.5 Å². The van der Waals surface area contributed by atoms with Crippen LogP contribution in [0.15, 0.2) is 17.3 Å². The molecule has 0 spiro atoms. The molecule has 0 bridgehead atoms. The van der Waals surface area contributed by atoms with Gasteiger partial charge in [-0.25, -0.2) is 18.4 Å². The first kappa shape index (κ1) is 14.6. The summed E-state index contributed by atoms with van der Waals surface area (Å²) in [6.07, 6.45) is 2.24. The van der Waals surface area contributed by atoms with Crippen molar-refractivity contribution in [3.63, 3.8) is 0 Å². The topological polar surface area (TPSA) is 72.0 Å². The van der Waals surface area contributed by atoms with Gasteiger partial charge < -0.3 is 5.32 Å². The smallest absolute Gasteiger partial charge is 0.223 e. The van der Waals surface area contributed by atoms with Crippen molar-refractivity contribution in [3.8, 4) is 0 Å². The second-order valence-corrected chi connectivity index (χ2v) is 6.12. The lowest BCUT2D eigenvalue weighted by Gasteiger charge is -2.08. The number of nitrogens with one attached hydrogen (secondary N) is 1. The molecule has 0 amide bonds. The standard InChI is InChI=1S/C9H12ClN3O2S.ClH/c10-9-12-4-2-8(13-9)16(14,15)6-7-1-3-11-5-7;/h2,4,7,11H,1,3,5-6H2;1H. The third kappa shape index (κ3) is 3.77. The predicted octanol–water partition coefficient (Wildman–Crippen LogP) is 0.935. The van der Waals surface area contributed by atoms with Crippen molar-refractivity contribution in [2.24, 2.45) is 5.92 Å². The lowest BCUT2D eigenvalue weighted by Crippen LogP contribution is -2.19. The van der Waals surface area contributed by atoms with E-state index in [1.807, 2.05) is 0 Å². The molecule has 0 aliphatic carbocycles. The molecule has 1 fully saturated rings. The Morgan fingerprint density at radius 1 is 1.53 bits per heavy atom. The number of aromatic nitrogens is 2. The first-order chi connectivity index (χ1) is 7.58. The molecule has 17 heavy (non-hydrogen) atoms. The molecule has 0 saturated carbocycles. The molecule has 1 saturated heterocycles. The van der Waals surface area contributed by atoms with Crippen LogP contribution in [0.5, 0.6) is 0 Å². The Morgan fingerprint density at radius 2 is 2.29 bits per heavy atom. The molecule has 1 aliphatic heterocycles. The van der Waals surface area contributed by atoms with Crippen LogP contribution >= 0.6 is 24.0 Å². The van der Waals surface area contributed by atoms with Crippen molar-refractivity contribution < 1.29 is 8.42 Å². The maximum atomic E-state index is 12.0. The molecule has 1 aromatic heterocycles. The molecule has 0 radical (unpaired) electrons. The molecule has 1 N–H and O–H groups in total. The first-order valence-electron chi connectivity index (χ1n) is 5.00. The fourth-order valence-electron chi connectivity index (χ4n) is 1.75. The molecule has 5 nitrogen and oxygen atoms in total. The zero-order valence-electron chi connectivity index (χ0n) is 8.97. The fraction of sp³-hybridized carbons (Fsp3) is 0.556. The summed E-state index contributed by atoms with van der Waals surface area (Å²) in [5.41, 5.74) is 0. The minimum Gasteiger partial charge on any atom is -0.316 e. The third-order valence-electron chi connectivity index (χ3n) is 2.54. The Bertz CT molecular complexity index is 475. The summed E-state index contributed by atoms with van der Waals surface area (Å²) < 4.78 is 23.9. The number of sulfone groups is 1. The van der Waals surface area contributed by atoms with E-state index in [0.29, 0.717) is 0 Å². The molecule has 2 rings (SSSR count). The van der Waals surface area contributed by atoms with E-state index in [9.17, 15) is 8.42 Å². The van der Waals surface area contributed by atoms with Gasteiger partial charge in [0, 0.05) is 6.20 Å². The number of nitrogens with zero attached hydrogens (tertiary/aromatic N) is 2. The molecule has 0 aromatic carbocycles. The predicted molar refractivity (Wildman–Crippen MR) is 67.3 cm³/mol. The van der Waals surface area contributed by atoms with Crippen LogP contribution in [0, 0.1) is 5.92 Å². The maximum absolute atomic E-state index is 12.0. The van der Waals surface area contributed by atoms with Crippen LogP contribution in [0.2, 0.25) is 5.28 Å². The Morgan fingerprint density at radius 3 is 2.88 bits per heavy atom. The van der Waals surface area contributed by atoms with E-state index < -0.39 is 9.84 Å². The molecule has 2 heterocycles. The molecule has 8 heteroatoms. The second kappa shape index (κ2) is 5.95. The summed E-state index contributed by atoms with van der Waals surface area (Å²) in [7, 11) is -3.34. The largest absolute Gasteiger partial charge is 0.316 e.